The van der Waals surface area contributed by atoms with Crippen molar-refractivity contribution < 1.29 is 13.2 Å². The molecule has 0 saturated heterocycles. The third-order valence-corrected chi connectivity index (χ3v) is 4.11. The van der Waals surface area contributed by atoms with Crippen LogP contribution in [0.5, 0.6) is 0 Å². The standard InChI is InChI=1S/C16H15N3O3S/c1-23(21,22)11-12-5-7-13(8-6-12)16(20)18-14-10-19-9-3-2-4-15(19)17-14/h2-10H,11H2,1H3,(H,18,20). The molecule has 1 N–H and O–H groups in total. The molecule has 0 fully saturated rings. The number of aromatic nitrogens is 2. The van der Waals surface area contributed by atoms with E-state index in [1.54, 1.807) is 30.5 Å². The Labute approximate surface area is 133 Å². The van der Waals surface area contributed by atoms with E-state index >= 15 is 0 Å². The first-order valence-electron chi connectivity index (χ1n) is 6.92. The van der Waals surface area contributed by atoms with Crippen molar-refractivity contribution in [2.24, 2.45) is 0 Å². The zero-order chi connectivity index (χ0) is 16.4. The predicted octanol–water partition coefficient (Wildman–Crippen LogP) is 2.13. The van der Waals surface area contributed by atoms with E-state index in [2.05, 4.69) is 10.3 Å². The number of carbonyl (C=O) groups excluding carboxylic acids is 1. The molecule has 6 nitrogen and oxygen atoms in total. The number of rotatable bonds is 4. The molecule has 2 aromatic heterocycles. The average molecular weight is 329 g/mol. The van der Waals surface area contributed by atoms with Crippen LogP contribution in [0.4, 0.5) is 5.82 Å². The highest BCUT2D eigenvalue weighted by molar-refractivity contribution is 7.89. The molecule has 0 unspecified atom stereocenters. The summed E-state index contributed by atoms with van der Waals surface area (Å²) in [6.45, 7) is 0. The fraction of sp³-hybridized carbons (Fsp3) is 0.125. The van der Waals surface area contributed by atoms with E-state index in [0.717, 1.165) is 5.65 Å². The summed E-state index contributed by atoms with van der Waals surface area (Å²) in [7, 11) is -3.09. The Morgan fingerprint density at radius 3 is 2.57 bits per heavy atom. The smallest absolute Gasteiger partial charge is 0.256 e. The normalized spacial score (nSPS) is 11.5. The van der Waals surface area contributed by atoms with Gasteiger partial charge in [0.25, 0.3) is 5.91 Å². The van der Waals surface area contributed by atoms with E-state index in [-0.39, 0.29) is 11.7 Å². The molecule has 3 aromatic rings. The number of fused-ring (bicyclic) bond motifs is 1. The highest BCUT2D eigenvalue weighted by Gasteiger charge is 2.10. The van der Waals surface area contributed by atoms with Crippen LogP contribution in [-0.4, -0.2) is 30.0 Å². The summed E-state index contributed by atoms with van der Waals surface area (Å²) in [5, 5.41) is 2.73. The van der Waals surface area contributed by atoms with Gasteiger partial charge in [-0.25, -0.2) is 13.4 Å². The van der Waals surface area contributed by atoms with Gasteiger partial charge in [-0.1, -0.05) is 18.2 Å². The number of nitrogens with one attached hydrogen (secondary N) is 1. The second-order valence-corrected chi connectivity index (χ2v) is 7.45. The van der Waals surface area contributed by atoms with Crippen molar-refractivity contribution in [1.82, 2.24) is 9.38 Å². The van der Waals surface area contributed by atoms with Crippen molar-refractivity contribution in [3.63, 3.8) is 0 Å². The number of nitrogens with zero attached hydrogens (tertiary/aromatic N) is 2. The molecule has 3 rings (SSSR count). The van der Waals surface area contributed by atoms with Crippen molar-refractivity contribution in [1.29, 1.82) is 0 Å². The zero-order valence-electron chi connectivity index (χ0n) is 12.4. The highest BCUT2D eigenvalue weighted by atomic mass is 32.2. The van der Waals surface area contributed by atoms with E-state index < -0.39 is 9.84 Å². The van der Waals surface area contributed by atoms with Crippen molar-refractivity contribution in [3.8, 4) is 0 Å². The molecular formula is C16H15N3O3S. The second-order valence-electron chi connectivity index (χ2n) is 5.31. The van der Waals surface area contributed by atoms with Crippen LogP contribution in [-0.2, 0) is 15.6 Å². The summed E-state index contributed by atoms with van der Waals surface area (Å²) < 4.78 is 24.3. The lowest BCUT2D eigenvalue weighted by Gasteiger charge is -2.03. The number of carbonyl (C=O) groups is 1. The van der Waals surface area contributed by atoms with Crippen LogP contribution in [0.2, 0.25) is 0 Å². The molecular weight excluding hydrogens is 314 g/mol. The molecule has 0 bridgehead atoms. The number of imidazole rings is 1. The van der Waals surface area contributed by atoms with Gasteiger partial charge in [0.05, 0.1) is 11.9 Å². The van der Waals surface area contributed by atoms with Crippen LogP contribution in [0.3, 0.4) is 0 Å². The van der Waals surface area contributed by atoms with Crippen molar-refractivity contribution >= 4 is 27.2 Å². The lowest BCUT2D eigenvalue weighted by Crippen LogP contribution is -2.12. The maximum atomic E-state index is 12.2. The zero-order valence-corrected chi connectivity index (χ0v) is 13.2. The van der Waals surface area contributed by atoms with E-state index in [9.17, 15) is 13.2 Å². The predicted molar refractivity (Wildman–Crippen MR) is 88.1 cm³/mol. The van der Waals surface area contributed by atoms with Gasteiger partial charge < -0.3 is 9.72 Å². The minimum atomic E-state index is -3.09. The Kier molecular flexibility index (Phi) is 3.87. The van der Waals surface area contributed by atoms with Gasteiger partial charge in [-0.05, 0) is 29.8 Å². The summed E-state index contributed by atoms with van der Waals surface area (Å²) in [5.41, 5.74) is 1.84. The van der Waals surface area contributed by atoms with E-state index in [4.69, 9.17) is 0 Å². The Morgan fingerprint density at radius 2 is 1.91 bits per heavy atom. The molecule has 2 heterocycles. The van der Waals surface area contributed by atoms with Crippen LogP contribution < -0.4 is 5.32 Å². The fourth-order valence-electron chi connectivity index (χ4n) is 2.24. The Morgan fingerprint density at radius 1 is 1.17 bits per heavy atom. The minimum Gasteiger partial charge on any atom is -0.305 e. The monoisotopic (exact) mass is 329 g/mol. The molecule has 118 valence electrons. The first kappa shape index (κ1) is 15.2. The molecule has 0 saturated carbocycles. The molecule has 0 aliphatic carbocycles. The molecule has 0 aliphatic heterocycles. The number of anilines is 1. The second kappa shape index (κ2) is 5.85. The van der Waals surface area contributed by atoms with Gasteiger partial charge in [0.1, 0.15) is 5.65 Å². The summed E-state index contributed by atoms with van der Waals surface area (Å²) in [6, 6.07) is 12.1. The molecule has 0 atom stereocenters. The SMILES string of the molecule is CS(=O)(=O)Cc1ccc(C(=O)Nc2cn3ccccc3n2)cc1. The van der Waals surface area contributed by atoms with Crippen LogP contribution >= 0.6 is 0 Å². The van der Waals surface area contributed by atoms with Crippen LogP contribution in [0, 0.1) is 0 Å². The summed E-state index contributed by atoms with van der Waals surface area (Å²) >= 11 is 0. The number of hydrogen-bond acceptors (Lipinski definition) is 4. The molecule has 7 heteroatoms. The Bertz CT molecular complexity index is 927. The van der Waals surface area contributed by atoms with Gasteiger partial charge in [0.2, 0.25) is 0 Å². The number of pyridine rings is 1. The molecule has 0 aliphatic rings. The Balaban J connectivity index is 1.75. The van der Waals surface area contributed by atoms with Crippen LogP contribution in [0.25, 0.3) is 5.65 Å². The fourth-order valence-corrected chi connectivity index (χ4v) is 3.04. The number of hydrogen-bond donors (Lipinski definition) is 1. The maximum Gasteiger partial charge on any atom is 0.256 e. The first-order valence-corrected chi connectivity index (χ1v) is 8.98. The lowest BCUT2D eigenvalue weighted by atomic mass is 10.1. The van der Waals surface area contributed by atoms with E-state index in [1.165, 1.54) is 6.26 Å². The molecule has 0 radical (unpaired) electrons. The minimum absolute atomic E-state index is 0.0403. The van der Waals surface area contributed by atoms with Crippen molar-refractivity contribution in [2.45, 2.75) is 5.75 Å². The quantitative estimate of drug-likeness (QED) is 0.795. The van der Waals surface area contributed by atoms with Crippen LogP contribution in [0.15, 0.2) is 54.9 Å². The van der Waals surface area contributed by atoms with E-state index in [0.29, 0.717) is 16.9 Å². The highest BCUT2D eigenvalue weighted by Crippen LogP contribution is 2.12. The van der Waals surface area contributed by atoms with Gasteiger partial charge in [0, 0.05) is 18.0 Å². The third-order valence-electron chi connectivity index (χ3n) is 3.25. The number of sulfone groups is 1. The van der Waals surface area contributed by atoms with Gasteiger partial charge in [0.15, 0.2) is 15.7 Å². The van der Waals surface area contributed by atoms with Crippen LogP contribution in [0.1, 0.15) is 15.9 Å². The Hall–Kier alpha value is -2.67. The number of amides is 1. The van der Waals surface area contributed by atoms with Gasteiger partial charge in [-0.2, -0.15) is 0 Å². The maximum absolute atomic E-state index is 12.2. The summed E-state index contributed by atoms with van der Waals surface area (Å²) in [6.07, 6.45) is 4.75. The van der Waals surface area contributed by atoms with Gasteiger partial charge in [-0.3, -0.25) is 4.79 Å². The van der Waals surface area contributed by atoms with Gasteiger partial charge >= 0.3 is 0 Å². The molecule has 0 spiro atoms. The number of benzene rings is 1. The largest absolute Gasteiger partial charge is 0.305 e. The van der Waals surface area contributed by atoms with Gasteiger partial charge in [-0.15, -0.1) is 0 Å². The lowest BCUT2D eigenvalue weighted by molar-refractivity contribution is 0.102. The summed E-state index contributed by atoms with van der Waals surface area (Å²) in [5.74, 6) is 0.127. The molecule has 1 amide bonds. The topological polar surface area (TPSA) is 80.5 Å². The molecule has 1 aromatic carbocycles. The van der Waals surface area contributed by atoms with E-state index in [1.807, 2.05) is 28.8 Å². The summed E-state index contributed by atoms with van der Waals surface area (Å²) in [4.78, 5) is 16.5. The van der Waals surface area contributed by atoms with Crippen molar-refractivity contribution in [2.75, 3.05) is 11.6 Å². The average Bonchev–Trinajstić information content (AvgIpc) is 2.88. The first-order chi connectivity index (χ1) is 10.9. The van der Waals surface area contributed by atoms with Crippen molar-refractivity contribution in [3.05, 3.63) is 66.0 Å². The third kappa shape index (κ3) is 3.75. The molecule has 23 heavy (non-hydrogen) atoms.